The minimum Gasteiger partial charge on any atom is -0.388 e. The van der Waals surface area contributed by atoms with Gasteiger partial charge in [0, 0.05) is 5.75 Å². The zero-order chi connectivity index (χ0) is 21.4. The number of hydrogen-bond acceptors (Lipinski definition) is 5. The Balaban J connectivity index is 1.65. The lowest BCUT2D eigenvalue weighted by atomic mass is 10.1. The monoisotopic (exact) mass is 428 g/mol. The molecule has 0 aliphatic rings. The van der Waals surface area contributed by atoms with Gasteiger partial charge in [0.15, 0.2) is 5.16 Å². The average Bonchev–Trinajstić information content (AvgIpc) is 3.22. The van der Waals surface area contributed by atoms with E-state index in [0.29, 0.717) is 22.1 Å². The van der Waals surface area contributed by atoms with Crippen molar-refractivity contribution in [1.82, 2.24) is 19.2 Å². The maximum Gasteiger partial charge on any atom is 0.267 e. The molecular weight excluding hydrogens is 408 g/mol. The Labute approximate surface area is 182 Å². The fourth-order valence-electron chi connectivity index (χ4n) is 3.70. The van der Waals surface area contributed by atoms with Gasteiger partial charge in [0.25, 0.3) is 5.56 Å². The second kappa shape index (κ2) is 8.02. The van der Waals surface area contributed by atoms with Crippen LogP contribution in [-0.2, 0) is 0 Å². The van der Waals surface area contributed by atoms with E-state index in [0.717, 1.165) is 22.3 Å². The standard InChI is InChI=1S/C24H20N4O2S/c1-16-8-7-11-18(14-16)27-22(30)19-12-5-6-13-20(19)28-23(27)25-26-24(28)31-15-21(29)17-9-3-2-4-10-17/h2-14,21,29H,15H2,1H3. The van der Waals surface area contributed by atoms with Gasteiger partial charge in [0.1, 0.15) is 0 Å². The molecule has 5 rings (SSSR count). The zero-order valence-electron chi connectivity index (χ0n) is 16.8. The predicted octanol–water partition coefficient (Wildman–Crippen LogP) is 4.17. The molecule has 0 spiro atoms. The molecule has 0 fully saturated rings. The van der Waals surface area contributed by atoms with Gasteiger partial charge in [-0.2, -0.15) is 0 Å². The first-order valence-electron chi connectivity index (χ1n) is 9.95. The normalized spacial score (nSPS) is 12.5. The van der Waals surface area contributed by atoms with Crippen LogP contribution in [0.15, 0.2) is 88.8 Å². The van der Waals surface area contributed by atoms with Crippen LogP contribution in [0.4, 0.5) is 0 Å². The highest BCUT2D eigenvalue weighted by molar-refractivity contribution is 7.99. The summed E-state index contributed by atoms with van der Waals surface area (Å²) in [6.07, 6.45) is -0.632. The highest BCUT2D eigenvalue weighted by Gasteiger charge is 2.19. The number of aliphatic hydroxyl groups is 1. The van der Waals surface area contributed by atoms with Crippen LogP contribution in [0.2, 0.25) is 0 Å². The average molecular weight is 429 g/mol. The molecule has 0 saturated carbocycles. The van der Waals surface area contributed by atoms with Gasteiger partial charge >= 0.3 is 0 Å². The molecule has 2 heterocycles. The van der Waals surface area contributed by atoms with E-state index in [1.165, 1.54) is 11.8 Å². The van der Waals surface area contributed by atoms with Crippen molar-refractivity contribution in [1.29, 1.82) is 0 Å². The van der Waals surface area contributed by atoms with Crippen LogP contribution in [0.25, 0.3) is 22.4 Å². The smallest absolute Gasteiger partial charge is 0.267 e. The summed E-state index contributed by atoms with van der Waals surface area (Å²) in [4.78, 5) is 13.3. The fraction of sp³-hybridized carbons (Fsp3) is 0.125. The second-order valence-electron chi connectivity index (χ2n) is 7.35. The van der Waals surface area contributed by atoms with E-state index in [9.17, 15) is 9.90 Å². The zero-order valence-corrected chi connectivity index (χ0v) is 17.7. The maximum absolute atomic E-state index is 13.3. The number of nitrogens with zero attached hydrogens (tertiary/aromatic N) is 4. The third-order valence-corrected chi connectivity index (χ3v) is 6.21. The van der Waals surface area contributed by atoms with Crippen molar-refractivity contribution in [2.75, 3.05) is 5.75 Å². The number of benzene rings is 3. The summed E-state index contributed by atoms with van der Waals surface area (Å²) in [6.45, 7) is 1.99. The molecule has 0 aliphatic carbocycles. The van der Waals surface area contributed by atoms with E-state index in [2.05, 4.69) is 10.2 Å². The van der Waals surface area contributed by atoms with Crippen LogP contribution >= 0.6 is 11.8 Å². The molecule has 0 aliphatic heterocycles. The van der Waals surface area contributed by atoms with Crippen LogP contribution < -0.4 is 5.56 Å². The minimum atomic E-state index is -0.632. The number of thioether (sulfide) groups is 1. The van der Waals surface area contributed by atoms with Crippen molar-refractivity contribution in [3.05, 3.63) is 100 Å². The van der Waals surface area contributed by atoms with Crippen LogP contribution in [-0.4, -0.2) is 30.0 Å². The fourth-order valence-corrected chi connectivity index (χ4v) is 4.60. The summed E-state index contributed by atoms with van der Waals surface area (Å²) < 4.78 is 3.49. The first kappa shape index (κ1) is 19.5. The van der Waals surface area contributed by atoms with Crippen molar-refractivity contribution < 1.29 is 5.11 Å². The van der Waals surface area contributed by atoms with Gasteiger partial charge in [-0.15, -0.1) is 10.2 Å². The molecule has 2 aromatic heterocycles. The number of hydrogen-bond donors (Lipinski definition) is 1. The molecule has 0 amide bonds. The second-order valence-corrected chi connectivity index (χ2v) is 8.34. The quantitative estimate of drug-likeness (QED) is 0.426. The molecule has 1 atom stereocenters. The van der Waals surface area contributed by atoms with Gasteiger partial charge in [-0.25, -0.2) is 4.57 Å². The number of aryl methyl sites for hydroxylation is 1. The number of rotatable bonds is 5. The van der Waals surface area contributed by atoms with Crippen LogP contribution in [0.5, 0.6) is 0 Å². The maximum atomic E-state index is 13.3. The molecule has 154 valence electrons. The van der Waals surface area contributed by atoms with Crippen molar-refractivity contribution in [2.45, 2.75) is 18.2 Å². The van der Waals surface area contributed by atoms with Crippen molar-refractivity contribution in [3.8, 4) is 5.69 Å². The number of aromatic nitrogens is 4. The van der Waals surface area contributed by atoms with E-state index in [1.807, 2.05) is 90.2 Å². The topological polar surface area (TPSA) is 72.4 Å². The Kier molecular flexibility index (Phi) is 5.05. The lowest BCUT2D eigenvalue weighted by Gasteiger charge is -2.13. The van der Waals surface area contributed by atoms with Gasteiger partial charge in [-0.3, -0.25) is 9.20 Å². The minimum absolute atomic E-state index is 0.137. The SMILES string of the molecule is Cc1cccc(-n2c(=O)c3ccccc3n3c(SCC(O)c4ccccc4)nnc23)c1. The van der Waals surface area contributed by atoms with Gasteiger partial charge in [0.2, 0.25) is 5.78 Å². The molecule has 0 bridgehead atoms. The Morgan fingerprint density at radius 2 is 1.74 bits per heavy atom. The summed E-state index contributed by atoms with van der Waals surface area (Å²) in [6, 6.07) is 24.8. The third-order valence-electron chi connectivity index (χ3n) is 5.21. The number of para-hydroxylation sites is 1. The highest BCUT2D eigenvalue weighted by Crippen LogP contribution is 2.27. The van der Waals surface area contributed by atoms with Crippen molar-refractivity contribution >= 4 is 28.4 Å². The Morgan fingerprint density at radius 3 is 2.55 bits per heavy atom. The highest BCUT2D eigenvalue weighted by atomic mass is 32.2. The number of aliphatic hydroxyl groups excluding tert-OH is 1. The summed E-state index contributed by atoms with van der Waals surface area (Å²) >= 11 is 1.41. The third kappa shape index (κ3) is 3.52. The molecule has 31 heavy (non-hydrogen) atoms. The summed E-state index contributed by atoms with van der Waals surface area (Å²) in [7, 11) is 0. The molecular formula is C24H20N4O2S. The molecule has 3 aromatic carbocycles. The molecule has 1 unspecified atom stereocenters. The molecule has 7 heteroatoms. The molecule has 0 saturated heterocycles. The first-order chi connectivity index (χ1) is 15.1. The van der Waals surface area contributed by atoms with Gasteiger partial charge < -0.3 is 5.11 Å². The molecule has 6 nitrogen and oxygen atoms in total. The van der Waals surface area contributed by atoms with Crippen molar-refractivity contribution in [2.24, 2.45) is 0 Å². The van der Waals surface area contributed by atoms with Crippen LogP contribution in [0, 0.1) is 6.92 Å². The van der Waals surface area contributed by atoms with E-state index in [1.54, 1.807) is 4.57 Å². The van der Waals surface area contributed by atoms with E-state index in [4.69, 9.17) is 0 Å². The predicted molar refractivity (Wildman–Crippen MR) is 123 cm³/mol. The van der Waals surface area contributed by atoms with E-state index < -0.39 is 6.10 Å². The van der Waals surface area contributed by atoms with Gasteiger partial charge in [-0.1, -0.05) is 66.4 Å². The number of fused-ring (bicyclic) bond motifs is 3. The molecule has 1 N–H and O–H groups in total. The Hall–Kier alpha value is -3.42. The Morgan fingerprint density at radius 1 is 0.968 bits per heavy atom. The van der Waals surface area contributed by atoms with Crippen molar-refractivity contribution in [3.63, 3.8) is 0 Å². The first-order valence-corrected chi connectivity index (χ1v) is 10.9. The van der Waals surface area contributed by atoms with Crippen LogP contribution in [0.1, 0.15) is 17.2 Å². The molecule has 0 radical (unpaired) electrons. The van der Waals surface area contributed by atoms with E-state index in [-0.39, 0.29) is 5.56 Å². The lowest BCUT2D eigenvalue weighted by Crippen LogP contribution is -2.22. The van der Waals surface area contributed by atoms with Gasteiger partial charge in [-0.05, 0) is 42.3 Å². The van der Waals surface area contributed by atoms with Gasteiger partial charge in [0.05, 0.1) is 22.7 Å². The summed E-state index contributed by atoms with van der Waals surface area (Å²) in [5, 5.41) is 20.5. The van der Waals surface area contributed by atoms with E-state index >= 15 is 0 Å². The largest absolute Gasteiger partial charge is 0.388 e. The Bertz CT molecular complexity index is 1440. The molecule has 5 aromatic rings. The van der Waals surface area contributed by atoms with Crippen LogP contribution in [0.3, 0.4) is 0 Å². The lowest BCUT2D eigenvalue weighted by molar-refractivity contribution is 0.204. The summed E-state index contributed by atoms with van der Waals surface area (Å²) in [5.74, 6) is 0.869. The summed E-state index contributed by atoms with van der Waals surface area (Å²) in [5.41, 5.74) is 3.25.